The smallest absolute Gasteiger partial charge is 0.326 e. The van der Waals surface area contributed by atoms with Crippen LogP contribution in [0.5, 0.6) is 11.5 Å². The molecule has 1 unspecified atom stereocenters. The molecule has 2 heterocycles. The molecular weight excluding hydrogens is 536 g/mol. The highest BCUT2D eigenvalue weighted by atomic mass is 16.5. The lowest BCUT2D eigenvalue weighted by molar-refractivity contribution is -0.141. The monoisotopic (exact) mass is 572 g/mol. The topological polar surface area (TPSA) is 128 Å². The molecule has 3 atom stereocenters. The Labute approximate surface area is 244 Å². The van der Waals surface area contributed by atoms with Crippen molar-refractivity contribution in [3.8, 4) is 11.5 Å². The van der Waals surface area contributed by atoms with Gasteiger partial charge in [-0.3, -0.25) is 9.59 Å². The van der Waals surface area contributed by atoms with E-state index in [0.717, 1.165) is 36.0 Å². The number of rotatable bonds is 10. The fourth-order valence-electron chi connectivity index (χ4n) is 6.56. The van der Waals surface area contributed by atoms with Crippen LogP contribution in [0.15, 0.2) is 48.7 Å². The SMILES string of the molecule is COc1ccc(Cn2cc(CNC(=O)C([C@@H](C)C3CCC3)N3C(=O)N[C@]4(CCc5ccccc54)C3=O)nn2)c(OC)c1. The molecule has 2 N–H and O–H groups in total. The van der Waals surface area contributed by atoms with E-state index in [-0.39, 0.29) is 30.2 Å². The standard InChI is InChI=1S/C31H36N6O5/c1-19(20-8-6-9-20)27(37-29(39)31(33-30(37)40)14-13-21-7-4-5-10-25(21)31)28(38)32-16-23-18-36(35-34-23)17-22-11-12-24(41-2)15-26(22)42-3/h4-5,7,10-12,15,18-20,27H,6,8-9,13-14,16-17H2,1-3H3,(H,32,38)(H,33,40)/t19-,27?,31-/m0/s1. The van der Waals surface area contributed by atoms with Crippen molar-refractivity contribution in [1.82, 2.24) is 30.5 Å². The molecule has 1 spiro atoms. The largest absolute Gasteiger partial charge is 0.497 e. The van der Waals surface area contributed by atoms with Gasteiger partial charge >= 0.3 is 6.03 Å². The van der Waals surface area contributed by atoms with Crippen LogP contribution in [0.25, 0.3) is 0 Å². The average Bonchev–Trinajstić information content (AvgIpc) is 3.64. The van der Waals surface area contributed by atoms with Crippen molar-refractivity contribution in [3.05, 3.63) is 71.0 Å². The molecule has 0 radical (unpaired) electrons. The molecule has 1 saturated carbocycles. The van der Waals surface area contributed by atoms with Crippen LogP contribution >= 0.6 is 0 Å². The third-order valence-corrected chi connectivity index (χ3v) is 9.16. The second-order valence-electron chi connectivity index (χ2n) is 11.5. The first-order valence-corrected chi connectivity index (χ1v) is 14.5. The van der Waals surface area contributed by atoms with Gasteiger partial charge in [-0.1, -0.05) is 55.7 Å². The second kappa shape index (κ2) is 11.1. The van der Waals surface area contributed by atoms with Crippen molar-refractivity contribution in [1.29, 1.82) is 0 Å². The predicted molar refractivity (Wildman–Crippen MR) is 153 cm³/mol. The number of imide groups is 1. The van der Waals surface area contributed by atoms with Gasteiger partial charge in [0.1, 0.15) is 28.8 Å². The minimum atomic E-state index is -1.11. The van der Waals surface area contributed by atoms with Crippen LogP contribution in [0.2, 0.25) is 0 Å². The van der Waals surface area contributed by atoms with Gasteiger partial charge in [-0.2, -0.15) is 0 Å². The van der Waals surface area contributed by atoms with E-state index in [9.17, 15) is 14.4 Å². The molecule has 3 aromatic rings. The average molecular weight is 573 g/mol. The molecule has 1 saturated heterocycles. The zero-order chi connectivity index (χ0) is 29.4. The van der Waals surface area contributed by atoms with Gasteiger partial charge in [0, 0.05) is 11.6 Å². The first-order chi connectivity index (χ1) is 20.3. The Morgan fingerprint density at radius 1 is 1.17 bits per heavy atom. The van der Waals surface area contributed by atoms with Crippen LogP contribution < -0.4 is 20.1 Å². The fourth-order valence-corrected chi connectivity index (χ4v) is 6.56. The fraction of sp³-hybridized carbons (Fsp3) is 0.452. The van der Waals surface area contributed by atoms with E-state index in [4.69, 9.17) is 9.47 Å². The normalized spacial score (nSPS) is 21.1. The lowest BCUT2D eigenvalue weighted by Crippen LogP contribution is -2.55. The summed E-state index contributed by atoms with van der Waals surface area (Å²) in [5.41, 5.74) is 2.22. The van der Waals surface area contributed by atoms with Crippen molar-refractivity contribution in [2.45, 2.75) is 63.7 Å². The molecule has 2 aliphatic carbocycles. The van der Waals surface area contributed by atoms with Crippen LogP contribution in [-0.2, 0) is 34.6 Å². The van der Waals surface area contributed by atoms with Crippen LogP contribution in [0, 0.1) is 11.8 Å². The molecule has 220 valence electrons. The van der Waals surface area contributed by atoms with Crippen LogP contribution in [0.3, 0.4) is 0 Å². The molecule has 11 heteroatoms. The Kier molecular flexibility index (Phi) is 7.34. The third kappa shape index (κ3) is 4.76. The zero-order valence-corrected chi connectivity index (χ0v) is 24.1. The molecule has 42 heavy (non-hydrogen) atoms. The Morgan fingerprint density at radius 3 is 2.71 bits per heavy atom. The summed E-state index contributed by atoms with van der Waals surface area (Å²) in [7, 11) is 3.20. The first kappa shape index (κ1) is 27.7. The Hall–Kier alpha value is -4.41. The number of aromatic nitrogens is 3. The molecule has 0 bridgehead atoms. The summed E-state index contributed by atoms with van der Waals surface area (Å²) in [6.07, 6.45) is 5.98. The third-order valence-electron chi connectivity index (χ3n) is 9.16. The highest BCUT2D eigenvalue weighted by Gasteiger charge is 2.59. The maximum Gasteiger partial charge on any atom is 0.326 e. The number of fused-ring (bicyclic) bond motifs is 2. The van der Waals surface area contributed by atoms with Crippen LogP contribution in [-0.4, -0.2) is 58.0 Å². The van der Waals surface area contributed by atoms with Crippen molar-refractivity contribution in [2.24, 2.45) is 11.8 Å². The molecule has 1 aromatic heterocycles. The lowest BCUT2D eigenvalue weighted by atomic mass is 9.73. The molecule has 3 aliphatic rings. The van der Waals surface area contributed by atoms with E-state index in [0.29, 0.717) is 36.6 Å². The Bertz CT molecular complexity index is 1520. The van der Waals surface area contributed by atoms with Crippen LogP contribution in [0.1, 0.15) is 55.0 Å². The van der Waals surface area contributed by atoms with E-state index in [1.54, 1.807) is 31.2 Å². The molecule has 2 fully saturated rings. The van der Waals surface area contributed by atoms with Crippen molar-refractivity contribution in [2.75, 3.05) is 14.2 Å². The summed E-state index contributed by atoms with van der Waals surface area (Å²) < 4.78 is 12.4. The summed E-state index contributed by atoms with van der Waals surface area (Å²) in [4.78, 5) is 42.5. The number of aryl methyl sites for hydroxylation is 1. The number of urea groups is 1. The number of ether oxygens (including phenoxy) is 2. The summed E-state index contributed by atoms with van der Waals surface area (Å²) in [6.45, 7) is 2.51. The summed E-state index contributed by atoms with van der Waals surface area (Å²) in [5.74, 6) is 0.739. The van der Waals surface area contributed by atoms with E-state index in [1.807, 2.05) is 43.3 Å². The van der Waals surface area contributed by atoms with Gasteiger partial charge in [0.15, 0.2) is 0 Å². The minimum absolute atomic E-state index is 0.115. The Morgan fingerprint density at radius 2 is 1.98 bits per heavy atom. The summed E-state index contributed by atoms with van der Waals surface area (Å²) in [6, 6.07) is 11.8. The number of nitrogens with zero attached hydrogens (tertiary/aromatic N) is 4. The molecule has 11 nitrogen and oxygen atoms in total. The number of nitrogens with one attached hydrogen (secondary N) is 2. The predicted octanol–water partition coefficient (Wildman–Crippen LogP) is 3.16. The molecule has 1 aliphatic heterocycles. The number of carbonyl (C=O) groups excluding carboxylic acids is 3. The quantitative estimate of drug-likeness (QED) is 0.357. The first-order valence-electron chi connectivity index (χ1n) is 14.5. The van der Waals surface area contributed by atoms with Gasteiger partial charge in [0.05, 0.1) is 33.5 Å². The Balaban J connectivity index is 1.18. The van der Waals surface area contributed by atoms with Crippen molar-refractivity contribution < 1.29 is 23.9 Å². The maximum absolute atomic E-state index is 14.0. The number of hydrogen-bond donors (Lipinski definition) is 2. The summed E-state index contributed by atoms with van der Waals surface area (Å²) >= 11 is 0. The molecule has 2 aromatic carbocycles. The van der Waals surface area contributed by atoms with Crippen molar-refractivity contribution in [3.63, 3.8) is 0 Å². The van der Waals surface area contributed by atoms with E-state index < -0.39 is 17.6 Å². The number of benzene rings is 2. The zero-order valence-electron chi connectivity index (χ0n) is 24.1. The highest BCUT2D eigenvalue weighted by molar-refractivity contribution is 6.10. The number of amides is 4. The van der Waals surface area contributed by atoms with Gasteiger partial charge in [0.25, 0.3) is 5.91 Å². The van der Waals surface area contributed by atoms with Gasteiger partial charge < -0.3 is 20.1 Å². The summed E-state index contributed by atoms with van der Waals surface area (Å²) in [5, 5.41) is 14.4. The lowest BCUT2D eigenvalue weighted by Gasteiger charge is -2.38. The van der Waals surface area contributed by atoms with Gasteiger partial charge in [-0.15, -0.1) is 5.10 Å². The number of carbonyl (C=O) groups is 3. The van der Waals surface area contributed by atoms with Crippen molar-refractivity contribution >= 4 is 17.8 Å². The van der Waals surface area contributed by atoms with E-state index in [1.165, 1.54) is 4.90 Å². The molecular formula is C31H36N6O5. The maximum atomic E-state index is 14.0. The molecule has 6 rings (SSSR count). The van der Waals surface area contributed by atoms with E-state index >= 15 is 0 Å². The highest BCUT2D eigenvalue weighted by Crippen LogP contribution is 2.44. The molecule has 4 amide bonds. The number of hydrogen-bond acceptors (Lipinski definition) is 7. The van der Waals surface area contributed by atoms with E-state index in [2.05, 4.69) is 20.9 Å². The second-order valence-corrected chi connectivity index (χ2v) is 11.5. The van der Waals surface area contributed by atoms with Gasteiger partial charge in [-0.25, -0.2) is 14.4 Å². The minimum Gasteiger partial charge on any atom is -0.497 e. The van der Waals surface area contributed by atoms with Gasteiger partial charge in [0.2, 0.25) is 5.91 Å². The number of methoxy groups -OCH3 is 2. The van der Waals surface area contributed by atoms with Gasteiger partial charge in [-0.05, 0) is 47.9 Å². The van der Waals surface area contributed by atoms with Crippen LogP contribution in [0.4, 0.5) is 4.79 Å².